The van der Waals surface area contributed by atoms with E-state index in [2.05, 4.69) is 39.4 Å². The first kappa shape index (κ1) is 11.2. The molecule has 0 aliphatic heterocycles. The Kier molecular flexibility index (Phi) is 3.49. The number of rotatable bonds is 2. The molecule has 2 aromatic carbocycles. The van der Waals surface area contributed by atoms with Crippen molar-refractivity contribution in [3.63, 3.8) is 0 Å². The topological polar surface area (TPSA) is 0 Å². The quantitative estimate of drug-likeness (QED) is 0.591. The summed E-state index contributed by atoms with van der Waals surface area (Å²) in [6.45, 7) is 0. The molecule has 0 heterocycles. The molecule has 0 aliphatic rings. The van der Waals surface area contributed by atoms with Gasteiger partial charge >= 0.3 is 102 Å². The van der Waals surface area contributed by atoms with Crippen molar-refractivity contribution in [3.05, 3.63) is 60.7 Å². The van der Waals surface area contributed by atoms with Gasteiger partial charge in [-0.3, -0.25) is 0 Å². The van der Waals surface area contributed by atoms with Gasteiger partial charge in [-0.2, -0.15) is 0 Å². The van der Waals surface area contributed by atoms with Crippen molar-refractivity contribution in [1.82, 2.24) is 0 Å². The monoisotopic (exact) mass is 300 g/mol. The first-order valence-corrected chi connectivity index (χ1v) is 9.53. The van der Waals surface area contributed by atoms with Gasteiger partial charge in [-0.15, -0.1) is 0 Å². The van der Waals surface area contributed by atoms with Gasteiger partial charge in [-0.1, -0.05) is 0 Å². The summed E-state index contributed by atoms with van der Waals surface area (Å²) < 4.78 is 0. The standard InChI is InChI=1S/C12H10ClPSe/c13-14(15,11-7-3-1-4-8-11)12-9-5-2-6-10-12/h1-10H. The van der Waals surface area contributed by atoms with Gasteiger partial charge in [0.15, 0.2) is 0 Å². The van der Waals surface area contributed by atoms with E-state index in [9.17, 15) is 0 Å². The van der Waals surface area contributed by atoms with E-state index in [-0.39, 0.29) is 0 Å². The second-order valence-electron chi connectivity index (χ2n) is 3.20. The Morgan fingerprint density at radius 2 is 1.07 bits per heavy atom. The first-order chi connectivity index (χ1) is 7.21. The van der Waals surface area contributed by atoms with Crippen LogP contribution in [0, 0.1) is 0 Å². The average Bonchev–Trinajstić information content (AvgIpc) is 2.31. The van der Waals surface area contributed by atoms with Gasteiger partial charge in [-0.25, -0.2) is 0 Å². The van der Waals surface area contributed by atoms with E-state index in [0.29, 0.717) is 0 Å². The summed E-state index contributed by atoms with van der Waals surface area (Å²) in [5.74, 6) is 0. The molecule has 0 atom stereocenters. The molecule has 0 amide bonds. The van der Waals surface area contributed by atoms with Crippen molar-refractivity contribution in [2.75, 3.05) is 0 Å². The van der Waals surface area contributed by atoms with Crippen LogP contribution in [0.15, 0.2) is 60.7 Å². The van der Waals surface area contributed by atoms with Gasteiger partial charge < -0.3 is 0 Å². The van der Waals surface area contributed by atoms with Crippen molar-refractivity contribution in [2.45, 2.75) is 0 Å². The maximum atomic E-state index is 6.64. The Hall–Kier alpha value is -0.321. The molecule has 0 aliphatic carbocycles. The van der Waals surface area contributed by atoms with Crippen LogP contribution in [0.25, 0.3) is 0 Å². The van der Waals surface area contributed by atoms with Gasteiger partial charge in [0, 0.05) is 0 Å². The summed E-state index contributed by atoms with van der Waals surface area (Å²) in [7, 11) is 0. The molecule has 0 unspecified atom stereocenters. The van der Waals surface area contributed by atoms with Gasteiger partial charge in [0.05, 0.1) is 0 Å². The van der Waals surface area contributed by atoms with E-state index in [1.165, 1.54) is 10.6 Å². The molecular weight excluding hydrogens is 290 g/mol. The van der Waals surface area contributed by atoms with Crippen LogP contribution in [0.5, 0.6) is 0 Å². The molecule has 0 spiro atoms. The molecule has 2 rings (SSSR count). The van der Waals surface area contributed by atoms with Gasteiger partial charge in [0.2, 0.25) is 0 Å². The Labute approximate surface area is 102 Å². The van der Waals surface area contributed by atoms with E-state index in [0.717, 1.165) is 0 Å². The van der Waals surface area contributed by atoms with E-state index >= 15 is 0 Å². The van der Waals surface area contributed by atoms with Crippen molar-refractivity contribution in [3.8, 4) is 0 Å². The SMILES string of the molecule is ClP(=[Se])(c1ccccc1)c1ccccc1. The fraction of sp³-hybridized carbons (Fsp3) is 0. The zero-order valence-corrected chi connectivity index (χ0v) is 11.4. The van der Waals surface area contributed by atoms with Crippen LogP contribution >= 0.6 is 16.1 Å². The Morgan fingerprint density at radius 1 is 0.733 bits per heavy atom. The van der Waals surface area contributed by atoms with Crippen molar-refractivity contribution in [1.29, 1.82) is 0 Å². The zero-order chi connectivity index (χ0) is 10.7. The van der Waals surface area contributed by atoms with Gasteiger partial charge in [0.1, 0.15) is 0 Å². The molecule has 0 N–H and O–H groups in total. The van der Waals surface area contributed by atoms with E-state index in [1.807, 2.05) is 36.4 Å². The van der Waals surface area contributed by atoms with Crippen molar-refractivity contribution < 1.29 is 0 Å². The summed E-state index contributed by atoms with van der Waals surface area (Å²) in [6, 6.07) is 20.4. The van der Waals surface area contributed by atoms with Crippen LogP contribution in [-0.4, -0.2) is 15.1 Å². The Morgan fingerprint density at radius 3 is 1.40 bits per heavy atom. The minimum absolute atomic E-state index is 1.18. The van der Waals surface area contributed by atoms with Gasteiger partial charge in [-0.05, 0) is 0 Å². The van der Waals surface area contributed by atoms with Crippen LogP contribution in [0.2, 0.25) is 0 Å². The fourth-order valence-electron chi connectivity index (χ4n) is 1.39. The van der Waals surface area contributed by atoms with Crippen molar-refractivity contribution in [2.24, 2.45) is 0 Å². The normalized spacial score (nSPS) is 11.3. The molecule has 0 saturated carbocycles. The summed E-state index contributed by atoms with van der Waals surface area (Å²) in [4.78, 5) is -1.80. The number of halogens is 1. The predicted octanol–water partition coefficient (Wildman–Crippen LogP) is 2.89. The Balaban J connectivity index is 2.50. The van der Waals surface area contributed by atoms with Crippen LogP contribution in [-0.2, 0) is 0 Å². The molecule has 0 bridgehead atoms. The summed E-state index contributed by atoms with van der Waals surface area (Å²) in [6.07, 6.45) is 0. The molecule has 0 radical (unpaired) electrons. The molecule has 0 aromatic heterocycles. The van der Waals surface area contributed by atoms with Gasteiger partial charge in [0.25, 0.3) is 0 Å². The molecular formula is C12H10ClPSe. The van der Waals surface area contributed by atoms with Crippen LogP contribution < -0.4 is 10.6 Å². The molecule has 3 heteroatoms. The van der Waals surface area contributed by atoms with E-state index < -0.39 is 4.86 Å². The Bertz CT molecular complexity index is 438. The first-order valence-electron chi connectivity index (χ1n) is 4.62. The molecule has 76 valence electrons. The van der Waals surface area contributed by atoms with E-state index in [1.54, 1.807) is 0 Å². The summed E-state index contributed by atoms with van der Waals surface area (Å²) >= 11 is 9.81. The second kappa shape index (κ2) is 4.68. The zero-order valence-electron chi connectivity index (χ0n) is 8.01. The fourth-order valence-corrected chi connectivity index (χ4v) is 5.01. The number of benzene rings is 2. The second-order valence-corrected chi connectivity index (χ2v) is 11.6. The number of hydrogen-bond donors (Lipinski definition) is 0. The molecule has 2 aromatic rings. The summed E-state index contributed by atoms with van der Waals surface area (Å²) in [5, 5.41) is 2.36. The van der Waals surface area contributed by atoms with Crippen molar-refractivity contribution >= 4 is 41.8 Å². The maximum absolute atomic E-state index is 6.64. The molecule has 0 fully saturated rings. The third-order valence-corrected chi connectivity index (χ3v) is 7.93. The minimum atomic E-state index is -1.80. The predicted molar refractivity (Wildman–Crippen MR) is 70.7 cm³/mol. The molecule has 0 saturated heterocycles. The van der Waals surface area contributed by atoms with Crippen LogP contribution in [0.4, 0.5) is 0 Å². The van der Waals surface area contributed by atoms with Crippen LogP contribution in [0.1, 0.15) is 0 Å². The van der Waals surface area contributed by atoms with Crippen LogP contribution in [0.3, 0.4) is 0 Å². The third kappa shape index (κ3) is 2.44. The molecule has 0 nitrogen and oxygen atoms in total. The summed E-state index contributed by atoms with van der Waals surface area (Å²) in [5.41, 5.74) is 0. The molecule has 15 heavy (non-hydrogen) atoms. The average molecular weight is 300 g/mol. The van der Waals surface area contributed by atoms with E-state index in [4.69, 9.17) is 11.2 Å². The number of hydrogen-bond acceptors (Lipinski definition) is 0. The third-order valence-electron chi connectivity index (χ3n) is 2.18.